The molecule has 1 aliphatic rings. The molecule has 0 amide bonds. The van der Waals surface area contributed by atoms with Gasteiger partial charge < -0.3 is 15.4 Å². The van der Waals surface area contributed by atoms with Crippen LogP contribution in [0.2, 0.25) is 0 Å². The molecule has 1 aromatic heterocycles. The van der Waals surface area contributed by atoms with E-state index in [1.165, 1.54) is 11.1 Å². The first kappa shape index (κ1) is 22.6. The number of aliphatic imine (C=N–C) groups is 1. The van der Waals surface area contributed by atoms with Gasteiger partial charge in [0.15, 0.2) is 5.96 Å². The van der Waals surface area contributed by atoms with Gasteiger partial charge in [0.05, 0.1) is 32.0 Å². The molecule has 0 aliphatic carbocycles. The lowest BCUT2D eigenvalue weighted by atomic mass is 10.1. The normalized spacial score (nSPS) is 15.0. The maximum atomic E-state index is 5.45. The first-order valence-electron chi connectivity index (χ1n) is 9.64. The number of halogens is 1. The van der Waals surface area contributed by atoms with Crippen LogP contribution in [0.1, 0.15) is 23.7 Å². The first-order valence-corrected chi connectivity index (χ1v) is 9.64. The van der Waals surface area contributed by atoms with Gasteiger partial charge in [0.1, 0.15) is 0 Å². The van der Waals surface area contributed by atoms with E-state index in [2.05, 4.69) is 51.7 Å². The van der Waals surface area contributed by atoms with Crippen LogP contribution in [0.25, 0.3) is 0 Å². The summed E-state index contributed by atoms with van der Waals surface area (Å²) in [5, 5.41) is 6.67. The van der Waals surface area contributed by atoms with Crippen LogP contribution >= 0.6 is 24.0 Å². The van der Waals surface area contributed by atoms with Gasteiger partial charge >= 0.3 is 0 Å². The standard InChI is InChI=1S/C21H29N5O.HI/c1-2-22-21(25-16-20-9-5-6-10-23-20)24-15-18-7-3-4-8-19(18)17-26-11-13-27-14-12-26;/h3-10H,2,11-17H2,1H3,(H2,22,24,25);1H. The lowest BCUT2D eigenvalue weighted by molar-refractivity contribution is 0.0341. The first-order chi connectivity index (χ1) is 13.3. The van der Waals surface area contributed by atoms with Crippen LogP contribution in [-0.4, -0.2) is 48.7 Å². The third-order valence-electron chi connectivity index (χ3n) is 4.53. The van der Waals surface area contributed by atoms with Crippen molar-refractivity contribution in [3.63, 3.8) is 0 Å². The molecular weight excluding hydrogens is 465 g/mol. The lowest BCUT2D eigenvalue weighted by Crippen LogP contribution is -2.37. The van der Waals surface area contributed by atoms with Crippen molar-refractivity contribution < 1.29 is 4.74 Å². The van der Waals surface area contributed by atoms with Crippen LogP contribution < -0.4 is 10.6 Å². The van der Waals surface area contributed by atoms with Crippen molar-refractivity contribution in [3.8, 4) is 0 Å². The fourth-order valence-electron chi connectivity index (χ4n) is 3.05. The molecule has 7 heteroatoms. The number of morpholine rings is 1. The van der Waals surface area contributed by atoms with Gasteiger partial charge in [-0.25, -0.2) is 4.99 Å². The molecule has 0 spiro atoms. The molecule has 1 fully saturated rings. The van der Waals surface area contributed by atoms with E-state index in [1.54, 1.807) is 0 Å². The fraction of sp³-hybridized carbons (Fsp3) is 0.429. The zero-order chi connectivity index (χ0) is 18.7. The van der Waals surface area contributed by atoms with Gasteiger partial charge in [-0.2, -0.15) is 0 Å². The van der Waals surface area contributed by atoms with Crippen molar-refractivity contribution in [1.82, 2.24) is 20.5 Å². The quantitative estimate of drug-likeness (QED) is 0.352. The summed E-state index contributed by atoms with van der Waals surface area (Å²) in [5.74, 6) is 0.810. The molecule has 1 aliphatic heterocycles. The number of guanidine groups is 1. The topological polar surface area (TPSA) is 61.8 Å². The van der Waals surface area contributed by atoms with Gasteiger partial charge in [-0.05, 0) is 30.2 Å². The maximum Gasteiger partial charge on any atom is 0.191 e. The number of hydrogen-bond donors (Lipinski definition) is 2. The minimum Gasteiger partial charge on any atom is -0.379 e. The fourth-order valence-corrected chi connectivity index (χ4v) is 3.05. The molecule has 28 heavy (non-hydrogen) atoms. The summed E-state index contributed by atoms with van der Waals surface area (Å²) >= 11 is 0. The van der Waals surface area contributed by atoms with Crippen LogP contribution in [0, 0.1) is 0 Å². The van der Waals surface area contributed by atoms with Gasteiger partial charge in [-0.3, -0.25) is 9.88 Å². The van der Waals surface area contributed by atoms with E-state index >= 15 is 0 Å². The lowest BCUT2D eigenvalue weighted by Gasteiger charge is -2.27. The number of nitrogens with one attached hydrogen (secondary N) is 2. The third-order valence-corrected chi connectivity index (χ3v) is 4.53. The highest BCUT2D eigenvalue weighted by Gasteiger charge is 2.12. The Morgan fingerprint density at radius 3 is 2.54 bits per heavy atom. The Morgan fingerprint density at radius 2 is 1.82 bits per heavy atom. The monoisotopic (exact) mass is 495 g/mol. The molecule has 2 aromatic rings. The predicted octanol–water partition coefficient (Wildman–Crippen LogP) is 2.79. The summed E-state index contributed by atoms with van der Waals surface area (Å²) in [6, 6.07) is 14.5. The highest BCUT2D eigenvalue weighted by atomic mass is 127. The summed E-state index contributed by atoms with van der Waals surface area (Å²) in [7, 11) is 0. The number of nitrogens with zero attached hydrogens (tertiary/aromatic N) is 3. The van der Waals surface area contributed by atoms with Crippen molar-refractivity contribution in [2.45, 2.75) is 26.6 Å². The van der Waals surface area contributed by atoms with Crippen molar-refractivity contribution in [2.75, 3.05) is 32.8 Å². The van der Waals surface area contributed by atoms with Gasteiger partial charge in [0.25, 0.3) is 0 Å². The molecule has 6 nitrogen and oxygen atoms in total. The Kier molecular flexibility index (Phi) is 10.2. The van der Waals surface area contributed by atoms with E-state index in [0.717, 1.165) is 51.0 Å². The van der Waals surface area contributed by atoms with Crippen LogP contribution in [0.15, 0.2) is 53.7 Å². The van der Waals surface area contributed by atoms with Crippen LogP contribution in [0.4, 0.5) is 0 Å². The predicted molar refractivity (Wildman–Crippen MR) is 124 cm³/mol. The number of aromatic nitrogens is 1. The van der Waals surface area contributed by atoms with Crippen molar-refractivity contribution in [1.29, 1.82) is 0 Å². The third kappa shape index (κ3) is 7.37. The summed E-state index contributed by atoms with van der Waals surface area (Å²) in [6.45, 7) is 8.78. The molecule has 3 rings (SSSR count). The SMILES string of the molecule is CCNC(=NCc1ccccc1CN1CCOCC1)NCc1ccccn1.I. The summed E-state index contributed by atoms with van der Waals surface area (Å²) in [5.41, 5.74) is 3.60. The summed E-state index contributed by atoms with van der Waals surface area (Å²) in [4.78, 5) is 11.6. The van der Waals surface area contributed by atoms with Crippen LogP contribution in [0.5, 0.6) is 0 Å². The van der Waals surface area contributed by atoms with Crippen LogP contribution in [-0.2, 0) is 24.4 Å². The maximum absolute atomic E-state index is 5.45. The van der Waals surface area contributed by atoms with E-state index in [9.17, 15) is 0 Å². The smallest absolute Gasteiger partial charge is 0.191 e. The Morgan fingerprint density at radius 1 is 1.07 bits per heavy atom. The van der Waals surface area contributed by atoms with Crippen molar-refractivity contribution in [2.24, 2.45) is 4.99 Å². The number of rotatable bonds is 7. The molecule has 0 atom stereocenters. The van der Waals surface area contributed by atoms with E-state index < -0.39 is 0 Å². The number of benzene rings is 1. The van der Waals surface area contributed by atoms with E-state index in [0.29, 0.717) is 13.1 Å². The zero-order valence-corrected chi connectivity index (χ0v) is 18.8. The highest BCUT2D eigenvalue weighted by Crippen LogP contribution is 2.14. The van der Waals surface area contributed by atoms with E-state index in [-0.39, 0.29) is 24.0 Å². The van der Waals surface area contributed by atoms with Crippen molar-refractivity contribution in [3.05, 3.63) is 65.5 Å². The highest BCUT2D eigenvalue weighted by molar-refractivity contribution is 14.0. The molecule has 0 saturated carbocycles. The molecule has 1 saturated heterocycles. The number of pyridine rings is 1. The molecule has 2 N–H and O–H groups in total. The zero-order valence-electron chi connectivity index (χ0n) is 16.4. The molecule has 2 heterocycles. The van der Waals surface area contributed by atoms with Gasteiger partial charge in [-0.1, -0.05) is 30.3 Å². The second-order valence-corrected chi connectivity index (χ2v) is 6.53. The van der Waals surface area contributed by atoms with Crippen molar-refractivity contribution >= 4 is 29.9 Å². The summed E-state index contributed by atoms with van der Waals surface area (Å²) in [6.07, 6.45) is 1.81. The Hall–Kier alpha value is -1.71. The molecular formula is C21H30IN5O. The minimum atomic E-state index is 0. The Bertz CT molecular complexity index is 720. The Labute approximate surface area is 184 Å². The average molecular weight is 495 g/mol. The van der Waals surface area contributed by atoms with Crippen LogP contribution in [0.3, 0.4) is 0 Å². The largest absolute Gasteiger partial charge is 0.379 e. The number of ether oxygens (including phenoxy) is 1. The molecule has 0 unspecified atom stereocenters. The van der Waals surface area contributed by atoms with E-state index in [1.807, 2.05) is 24.4 Å². The van der Waals surface area contributed by atoms with E-state index in [4.69, 9.17) is 9.73 Å². The summed E-state index contributed by atoms with van der Waals surface area (Å²) < 4.78 is 5.45. The molecule has 0 bridgehead atoms. The average Bonchev–Trinajstić information content (AvgIpc) is 2.72. The second kappa shape index (κ2) is 12.7. The van der Waals surface area contributed by atoms with Gasteiger partial charge in [-0.15, -0.1) is 24.0 Å². The Balaban J connectivity index is 0.00000280. The van der Waals surface area contributed by atoms with Gasteiger partial charge in [0.2, 0.25) is 0 Å². The molecule has 152 valence electrons. The minimum absolute atomic E-state index is 0. The molecule has 0 radical (unpaired) electrons. The number of hydrogen-bond acceptors (Lipinski definition) is 4. The molecule has 1 aromatic carbocycles. The second-order valence-electron chi connectivity index (χ2n) is 6.53. The van der Waals surface area contributed by atoms with Gasteiger partial charge in [0, 0.05) is 32.4 Å².